The van der Waals surface area contributed by atoms with Gasteiger partial charge in [0.05, 0.1) is 6.04 Å². The zero-order valence-corrected chi connectivity index (χ0v) is 11.0. The lowest BCUT2D eigenvalue weighted by molar-refractivity contribution is 0.615. The third kappa shape index (κ3) is 2.77. The molecule has 0 aromatic heterocycles. The van der Waals surface area contributed by atoms with Crippen molar-refractivity contribution < 1.29 is 4.39 Å². The van der Waals surface area contributed by atoms with Gasteiger partial charge in [0.1, 0.15) is 5.82 Å². The van der Waals surface area contributed by atoms with Gasteiger partial charge in [-0.15, -0.1) is 0 Å². The van der Waals surface area contributed by atoms with E-state index in [-0.39, 0.29) is 11.9 Å². The Morgan fingerprint density at radius 3 is 2.28 bits per heavy atom. The van der Waals surface area contributed by atoms with E-state index in [0.717, 1.165) is 16.7 Å². The SMILES string of the molecule is CNC(c1cccc(C)c1)c1cc(C)cc(F)c1. The molecule has 0 saturated carbocycles. The molecule has 2 aromatic rings. The Balaban J connectivity index is 2.45. The molecule has 0 amide bonds. The molecule has 1 unspecified atom stereocenters. The smallest absolute Gasteiger partial charge is 0.123 e. The fourth-order valence-electron chi connectivity index (χ4n) is 2.31. The highest BCUT2D eigenvalue weighted by Crippen LogP contribution is 2.24. The molecular formula is C16H18FN. The minimum absolute atomic E-state index is 0.0271. The van der Waals surface area contributed by atoms with Gasteiger partial charge >= 0.3 is 0 Å². The molecule has 0 spiro atoms. The van der Waals surface area contributed by atoms with Crippen molar-refractivity contribution in [3.05, 3.63) is 70.5 Å². The maximum atomic E-state index is 13.5. The van der Waals surface area contributed by atoms with Crippen molar-refractivity contribution in [3.8, 4) is 0 Å². The van der Waals surface area contributed by atoms with Gasteiger partial charge in [-0.25, -0.2) is 4.39 Å². The van der Waals surface area contributed by atoms with Crippen molar-refractivity contribution >= 4 is 0 Å². The first-order valence-electron chi connectivity index (χ1n) is 6.11. The van der Waals surface area contributed by atoms with E-state index in [9.17, 15) is 4.39 Å². The third-order valence-electron chi connectivity index (χ3n) is 3.06. The van der Waals surface area contributed by atoms with Gasteiger partial charge in [-0.05, 0) is 49.7 Å². The second-order valence-electron chi connectivity index (χ2n) is 4.70. The van der Waals surface area contributed by atoms with Gasteiger partial charge in [0.2, 0.25) is 0 Å². The number of hydrogen-bond donors (Lipinski definition) is 1. The van der Waals surface area contributed by atoms with Crippen LogP contribution in [0, 0.1) is 19.7 Å². The van der Waals surface area contributed by atoms with E-state index < -0.39 is 0 Å². The highest BCUT2D eigenvalue weighted by atomic mass is 19.1. The Morgan fingerprint density at radius 1 is 0.944 bits per heavy atom. The second-order valence-corrected chi connectivity index (χ2v) is 4.70. The van der Waals surface area contributed by atoms with Crippen molar-refractivity contribution in [2.24, 2.45) is 0 Å². The molecule has 18 heavy (non-hydrogen) atoms. The highest BCUT2D eigenvalue weighted by Gasteiger charge is 2.13. The predicted octanol–water partition coefficient (Wildman–Crippen LogP) is 3.75. The summed E-state index contributed by atoms with van der Waals surface area (Å²) in [6.45, 7) is 3.97. The average molecular weight is 243 g/mol. The first-order valence-corrected chi connectivity index (χ1v) is 6.11. The number of nitrogens with one attached hydrogen (secondary N) is 1. The van der Waals surface area contributed by atoms with Gasteiger partial charge in [0, 0.05) is 0 Å². The van der Waals surface area contributed by atoms with Crippen LogP contribution in [0.4, 0.5) is 4.39 Å². The van der Waals surface area contributed by atoms with Crippen LogP contribution >= 0.6 is 0 Å². The summed E-state index contributed by atoms with van der Waals surface area (Å²) in [4.78, 5) is 0. The summed E-state index contributed by atoms with van der Waals surface area (Å²) in [5.74, 6) is -0.182. The van der Waals surface area contributed by atoms with Crippen LogP contribution in [0.5, 0.6) is 0 Å². The van der Waals surface area contributed by atoms with Gasteiger partial charge in [-0.2, -0.15) is 0 Å². The zero-order chi connectivity index (χ0) is 13.1. The monoisotopic (exact) mass is 243 g/mol. The Kier molecular flexibility index (Phi) is 3.78. The van der Waals surface area contributed by atoms with Crippen molar-refractivity contribution in [2.45, 2.75) is 19.9 Å². The van der Waals surface area contributed by atoms with Gasteiger partial charge in [-0.3, -0.25) is 0 Å². The number of aryl methyl sites for hydroxylation is 2. The van der Waals surface area contributed by atoms with E-state index in [0.29, 0.717) is 0 Å². The van der Waals surface area contributed by atoms with Gasteiger partial charge < -0.3 is 5.32 Å². The maximum Gasteiger partial charge on any atom is 0.123 e. The van der Waals surface area contributed by atoms with E-state index in [4.69, 9.17) is 0 Å². The van der Waals surface area contributed by atoms with Crippen LogP contribution in [-0.4, -0.2) is 7.05 Å². The largest absolute Gasteiger partial charge is 0.309 e. The number of halogens is 1. The maximum absolute atomic E-state index is 13.5. The minimum atomic E-state index is -0.182. The Morgan fingerprint density at radius 2 is 1.67 bits per heavy atom. The van der Waals surface area contributed by atoms with Crippen molar-refractivity contribution in [3.63, 3.8) is 0 Å². The van der Waals surface area contributed by atoms with Crippen LogP contribution in [-0.2, 0) is 0 Å². The summed E-state index contributed by atoms with van der Waals surface area (Å²) < 4.78 is 13.5. The standard InChI is InChI=1S/C16H18FN/c1-11-5-4-6-13(7-11)16(18-3)14-8-12(2)9-15(17)10-14/h4-10,16,18H,1-3H3. The van der Waals surface area contributed by atoms with Crippen LogP contribution < -0.4 is 5.32 Å². The predicted molar refractivity (Wildman–Crippen MR) is 73.2 cm³/mol. The van der Waals surface area contributed by atoms with E-state index in [1.54, 1.807) is 12.1 Å². The summed E-state index contributed by atoms with van der Waals surface area (Å²) in [6.07, 6.45) is 0. The molecule has 0 fully saturated rings. The van der Waals surface area contributed by atoms with Crippen LogP contribution in [0.1, 0.15) is 28.3 Å². The fourth-order valence-corrected chi connectivity index (χ4v) is 2.31. The molecule has 0 saturated heterocycles. The third-order valence-corrected chi connectivity index (χ3v) is 3.06. The number of rotatable bonds is 3. The molecule has 0 radical (unpaired) electrons. The van der Waals surface area contributed by atoms with Crippen molar-refractivity contribution in [1.29, 1.82) is 0 Å². The number of benzene rings is 2. The lowest BCUT2D eigenvalue weighted by Gasteiger charge is -2.18. The molecule has 0 heterocycles. The second kappa shape index (κ2) is 5.32. The highest BCUT2D eigenvalue weighted by molar-refractivity contribution is 5.36. The van der Waals surface area contributed by atoms with Crippen molar-refractivity contribution in [2.75, 3.05) is 7.05 Å². The number of hydrogen-bond acceptors (Lipinski definition) is 1. The molecule has 0 aliphatic rings. The molecule has 1 atom stereocenters. The summed E-state index contributed by atoms with van der Waals surface area (Å²) in [7, 11) is 1.90. The molecule has 2 rings (SSSR count). The molecule has 94 valence electrons. The van der Waals surface area contributed by atoms with Crippen LogP contribution in [0.3, 0.4) is 0 Å². The molecule has 2 aromatic carbocycles. The molecule has 0 aliphatic carbocycles. The van der Waals surface area contributed by atoms with E-state index >= 15 is 0 Å². The first kappa shape index (κ1) is 12.8. The quantitative estimate of drug-likeness (QED) is 0.865. The fraction of sp³-hybridized carbons (Fsp3) is 0.250. The Bertz CT molecular complexity index is 528. The summed E-state index contributed by atoms with van der Waals surface area (Å²) in [5, 5.41) is 3.25. The van der Waals surface area contributed by atoms with Gasteiger partial charge in [-0.1, -0.05) is 35.9 Å². The summed E-state index contributed by atoms with van der Waals surface area (Å²) in [6, 6.07) is 13.5. The minimum Gasteiger partial charge on any atom is -0.309 e. The van der Waals surface area contributed by atoms with Crippen LogP contribution in [0.15, 0.2) is 42.5 Å². The van der Waals surface area contributed by atoms with Crippen molar-refractivity contribution in [1.82, 2.24) is 5.32 Å². The molecule has 2 heteroatoms. The Labute approximate surface area is 108 Å². The van der Waals surface area contributed by atoms with E-state index in [2.05, 4.69) is 30.4 Å². The van der Waals surface area contributed by atoms with Gasteiger partial charge in [0.15, 0.2) is 0 Å². The molecule has 1 nitrogen and oxygen atoms in total. The first-order chi connectivity index (χ1) is 8.60. The Hall–Kier alpha value is -1.67. The van der Waals surface area contributed by atoms with Crippen LogP contribution in [0.25, 0.3) is 0 Å². The van der Waals surface area contributed by atoms with E-state index in [1.165, 1.54) is 5.56 Å². The molecule has 0 aliphatic heterocycles. The summed E-state index contributed by atoms with van der Waals surface area (Å²) >= 11 is 0. The lowest BCUT2D eigenvalue weighted by atomic mass is 9.96. The van der Waals surface area contributed by atoms with Crippen LogP contribution in [0.2, 0.25) is 0 Å². The topological polar surface area (TPSA) is 12.0 Å². The molecule has 1 N–H and O–H groups in total. The van der Waals surface area contributed by atoms with Gasteiger partial charge in [0.25, 0.3) is 0 Å². The summed E-state index contributed by atoms with van der Waals surface area (Å²) in [5.41, 5.74) is 4.27. The molecule has 0 bridgehead atoms. The normalized spacial score (nSPS) is 12.4. The molecular weight excluding hydrogens is 225 g/mol. The van der Waals surface area contributed by atoms with E-state index in [1.807, 2.05) is 26.1 Å². The zero-order valence-electron chi connectivity index (χ0n) is 11.0. The average Bonchev–Trinajstić information content (AvgIpc) is 2.28. The lowest BCUT2D eigenvalue weighted by Crippen LogP contribution is -2.18.